The average Bonchev–Trinajstić information content (AvgIpc) is 2.08. The third-order valence-electron chi connectivity index (χ3n) is 2.09. The third-order valence-corrected chi connectivity index (χ3v) is 2.09. The maximum Gasteiger partial charge on any atom is 0.303 e. The lowest BCUT2D eigenvalue weighted by atomic mass is 10.1. The van der Waals surface area contributed by atoms with E-state index >= 15 is 0 Å². The largest absolute Gasteiger partial charge is 0.481 e. The van der Waals surface area contributed by atoms with Crippen LogP contribution < -0.4 is 0 Å². The Morgan fingerprint density at radius 1 is 1.29 bits per heavy atom. The van der Waals surface area contributed by atoms with Gasteiger partial charge >= 0.3 is 5.97 Å². The molecule has 0 aliphatic rings. The van der Waals surface area contributed by atoms with Crippen LogP contribution >= 0.6 is 0 Å². The third kappa shape index (κ3) is 9.52. The Bertz CT molecular complexity index is 155. The van der Waals surface area contributed by atoms with Crippen molar-refractivity contribution in [3.05, 3.63) is 0 Å². The molecule has 0 aromatic rings. The van der Waals surface area contributed by atoms with Crippen molar-refractivity contribution >= 4 is 5.97 Å². The van der Waals surface area contributed by atoms with Gasteiger partial charge in [0.25, 0.3) is 0 Å². The van der Waals surface area contributed by atoms with Crippen LogP contribution in [0.15, 0.2) is 0 Å². The first-order valence-electron chi connectivity index (χ1n) is 5.35. The summed E-state index contributed by atoms with van der Waals surface area (Å²) in [7, 11) is 0. The summed E-state index contributed by atoms with van der Waals surface area (Å²) in [6, 6.07) is 0. The fraction of sp³-hybridized carbons (Fsp3) is 0.909. The maximum absolute atomic E-state index is 10.3. The molecule has 1 unspecified atom stereocenters. The van der Waals surface area contributed by atoms with Crippen LogP contribution in [0.4, 0.5) is 0 Å². The van der Waals surface area contributed by atoms with Gasteiger partial charge in [-0.15, -0.1) is 0 Å². The highest BCUT2D eigenvalue weighted by Gasteiger charge is 2.05. The summed E-state index contributed by atoms with van der Waals surface area (Å²) >= 11 is 0. The summed E-state index contributed by atoms with van der Waals surface area (Å²) in [5, 5.41) is 8.45. The highest BCUT2D eigenvalue weighted by molar-refractivity contribution is 5.66. The molecule has 0 aliphatic heterocycles. The van der Waals surface area contributed by atoms with Crippen molar-refractivity contribution in [1.29, 1.82) is 0 Å². The van der Waals surface area contributed by atoms with Crippen LogP contribution in [0.2, 0.25) is 0 Å². The molecule has 0 bridgehead atoms. The van der Waals surface area contributed by atoms with Crippen molar-refractivity contribution in [3.63, 3.8) is 0 Å². The zero-order valence-electron chi connectivity index (χ0n) is 9.45. The second-order valence-corrected chi connectivity index (χ2v) is 4.15. The summed E-state index contributed by atoms with van der Waals surface area (Å²) in [5.41, 5.74) is 0. The van der Waals surface area contributed by atoms with E-state index in [2.05, 4.69) is 13.8 Å². The number of rotatable bonds is 8. The molecule has 0 radical (unpaired) electrons. The lowest BCUT2D eigenvalue weighted by molar-refractivity contribution is -0.137. The molecular formula is C11H22O3. The normalized spacial score (nSPS) is 13.1. The van der Waals surface area contributed by atoms with Crippen molar-refractivity contribution in [2.24, 2.45) is 5.92 Å². The number of carboxylic acid groups (broad SMARTS) is 1. The topological polar surface area (TPSA) is 46.5 Å². The van der Waals surface area contributed by atoms with Gasteiger partial charge in [-0.05, 0) is 32.1 Å². The summed E-state index contributed by atoms with van der Waals surface area (Å²) in [6.07, 6.45) is 3.11. The van der Waals surface area contributed by atoms with Crippen LogP contribution in [0, 0.1) is 5.92 Å². The fourth-order valence-corrected chi connectivity index (χ4v) is 1.19. The molecule has 0 fully saturated rings. The minimum absolute atomic E-state index is 0.0678. The second kappa shape index (κ2) is 7.80. The highest BCUT2D eigenvalue weighted by atomic mass is 16.5. The number of hydrogen-bond acceptors (Lipinski definition) is 2. The molecule has 3 heteroatoms. The number of carboxylic acids is 1. The Kier molecular flexibility index (Phi) is 7.48. The van der Waals surface area contributed by atoms with Crippen LogP contribution in [-0.2, 0) is 9.53 Å². The van der Waals surface area contributed by atoms with Gasteiger partial charge < -0.3 is 9.84 Å². The first kappa shape index (κ1) is 13.4. The molecule has 0 aliphatic carbocycles. The summed E-state index contributed by atoms with van der Waals surface area (Å²) in [5.74, 6) is -0.0319. The number of aliphatic carboxylic acids is 1. The van der Waals surface area contributed by atoms with Gasteiger partial charge in [0.05, 0.1) is 6.10 Å². The van der Waals surface area contributed by atoms with Crippen molar-refractivity contribution in [2.45, 2.75) is 52.6 Å². The van der Waals surface area contributed by atoms with Crippen LogP contribution in [-0.4, -0.2) is 23.8 Å². The Balaban J connectivity index is 3.26. The molecule has 0 heterocycles. The van der Waals surface area contributed by atoms with E-state index in [1.165, 1.54) is 6.42 Å². The van der Waals surface area contributed by atoms with E-state index in [1.807, 2.05) is 6.92 Å². The number of hydrogen-bond donors (Lipinski definition) is 1. The molecule has 0 aromatic carbocycles. The van der Waals surface area contributed by atoms with E-state index < -0.39 is 5.97 Å². The summed E-state index contributed by atoms with van der Waals surface area (Å²) in [6.45, 7) is 7.05. The van der Waals surface area contributed by atoms with Crippen molar-refractivity contribution in [3.8, 4) is 0 Å². The minimum atomic E-state index is -0.748. The molecular weight excluding hydrogens is 180 g/mol. The SMILES string of the molecule is CC(C)CCCOC(C)CCC(=O)O. The van der Waals surface area contributed by atoms with Gasteiger partial charge in [-0.3, -0.25) is 4.79 Å². The quantitative estimate of drug-likeness (QED) is 0.615. The van der Waals surface area contributed by atoms with Gasteiger partial charge in [0, 0.05) is 13.0 Å². The van der Waals surface area contributed by atoms with E-state index in [1.54, 1.807) is 0 Å². The van der Waals surface area contributed by atoms with Crippen LogP contribution in [0.5, 0.6) is 0 Å². The minimum Gasteiger partial charge on any atom is -0.481 e. The molecule has 0 saturated carbocycles. The Labute approximate surface area is 86.5 Å². The lowest BCUT2D eigenvalue weighted by Gasteiger charge is -2.12. The Hall–Kier alpha value is -0.570. The van der Waals surface area contributed by atoms with Crippen LogP contribution in [0.25, 0.3) is 0 Å². The van der Waals surface area contributed by atoms with Gasteiger partial charge in [0.1, 0.15) is 0 Å². The Morgan fingerprint density at radius 3 is 2.43 bits per heavy atom. The first-order chi connectivity index (χ1) is 6.52. The molecule has 3 nitrogen and oxygen atoms in total. The van der Waals surface area contributed by atoms with Crippen LogP contribution in [0.3, 0.4) is 0 Å². The van der Waals surface area contributed by atoms with Gasteiger partial charge in [-0.1, -0.05) is 13.8 Å². The van der Waals surface area contributed by atoms with Gasteiger partial charge in [0.15, 0.2) is 0 Å². The fourth-order valence-electron chi connectivity index (χ4n) is 1.19. The predicted molar refractivity (Wildman–Crippen MR) is 56.4 cm³/mol. The van der Waals surface area contributed by atoms with E-state index in [-0.39, 0.29) is 12.5 Å². The first-order valence-corrected chi connectivity index (χ1v) is 5.35. The number of carbonyl (C=O) groups is 1. The van der Waals surface area contributed by atoms with E-state index in [0.29, 0.717) is 12.3 Å². The van der Waals surface area contributed by atoms with E-state index in [0.717, 1.165) is 13.0 Å². The second-order valence-electron chi connectivity index (χ2n) is 4.15. The van der Waals surface area contributed by atoms with Crippen LogP contribution in [0.1, 0.15) is 46.5 Å². The molecule has 0 aromatic heterocycles. The molecule has 14 heavy (non-hydrogen) atoms. The number of ether oxygens (including phenoxy) is 1. The molecule has 0 rings (SSSR count). The molecule has 1 N–H and O–H groups in total. The van der Waals surface area contributed by atoms with E-state index in [9.17, 15) is 4.79 Å². The lowest BCUT2D eigenvalue weighted by Crippen LogP contribution is -2.11. The zero-order valence-corrected chi connectivity index (χ0v) is 9.45. The van der Waals surface area contributed by atoms with Gasteiger partial charge in [-0.25, -0.2) is 0 Å². The van der Waals surface area contributed by atoms with Crippen molar-refractivity contribution in [1.82, 2.24) is 0 Å². The highest BCUT2D eigenvalue weighted by Crippen LogP contribution is 2.06. The predicted octanol–water partition coefficient (Wildman–Crippen LogP) is 2.69. The molecule has 0 spiro atoms. The standard InChI is InChI=1S/C11H22O3/c1-9(2)5-4-8-14-10(3)6-7-11(12)13/h9-10H,4-8H2,1-3H3,(H,12,13). The van der Waals surface area contributed by atoms with Crippen molar-refractivity contribution < 1.29 is 14.6 Å². The zero-order chi connectivity index (χ0) is 11.0. The molecule has 0 amide bonds. The monoisotopic (exact) mass is 202 g/mol. The van der Waals surface area contributed by atoms with Gasteiger partial charge in [0.2, 0.25) is 0 Å². The van der Waals surface area contributed by atoms with Gasteiger partial charge in [-0.2, -0.15) is 0 Å². The smallest absolute Gasteiger partial charge is 0.303 e. The molecule has 0 saturated heterocycles. The summed E-state index contributed by atoms with van der Waals surface area (Å²) < 4.78 is 5.48. The molecule has 84 valence electrons. The van der Waals surface area contributed by atoms with Crippen molar-refractivity contribution in [2.75, 3.05) is 6.61 Å². The molecule has 1 atom stereocenters. The Morgan fingerprint density at radius 2 is 1.93 bits per heavy atom. The average molecular weight is 202 g/mol. The van der Waals surface area contributed by atoms with E-state index in [4.69, 9.17) is 9.84 Å². The maximum atomic E-state index is 10.3. The summed E-state index contributed by atoms with van der Waals surface area (Å²) in [4.78, 5) is 10.3.